The van der Waals surface area contributed by atoms with Crippen LogP contribution in [-0.2, 0) is 11.3 Å². The fourth-order valence-electron chi connectivity index (χ4n) is 2.63. The van der Waals surface area contributed by atoms with E-state index >= 15 is 0 Å². The molecule has 1 N–H and O–H groups in total. The number of furan rings is 1. The molecule has 1 aromatic heterocycles. The first-order chi connectivity index (χ1) is 9.75. The van der Waals surface area contributed by atoms with Crippen molar-refractivity contribution in [3.05, 3.63) is 35.6 Å². The highest BCUT2D eigenvalue weighted by Gasteiger charge is 2.20. The summed E-state index contributed by atoms with van der Waals surface area (Å²) in [5.74, 6) is 0.240. The number of hydrogen-bond donors (Lipinski definition) is 1. The molecule has 0 spiro atoms. The number of carboxylic acid groups (broad SMARTS) is 1. The van der Waals surface area contributed by atoms with Gasteiger partial charge in [-0.25, -0.2) is 4.79 Å². The molecule has 0 aliphatic heterocycles. The Kier molecular flexibility index (Phi) is 3.74. The summed E-state index contributed by atoms with van der Waals surface area (Å²) in [5.41, 5.74) is 0.826. The Hall–Kier alpha value is -1.81. The molecule has 0 amide bonds. The van der Waals surface area contributed by atoms with Gasteiger partial charge in [0.15, 0.2) is 0 Å². The summed E-state index contributed by atoms with van der Waals surface area (Å²) in [5, 5.41) is 9.97. The Morgan fingerprint density at radius 2 is 2.15 bits per heavy atom. The molecule has 4 heteroatoms. The molecular formula is C16H18O4. The second kappa shape index (κ2) is 5.67. The molecule has 106 valence electrons. The van der Waals surface area contributed by atoms with Gasteiger partial charge in [-0.1, -0.05) is 37.5 Å². The monoisotopic (exact) mass is 274 g/mol. The predicted molar refractivity (Wildman–Crippen MR) is 74.8 cm³/mol. The Morgan fingerprint density at radius 3 is 2.85 bits per heavy atom. The smallest absolute Gasteiger partial charge is 0.340 e. The fourth-order valence-corrected chi connectivity index (χ4v) is 2.63. The number of ether oxygens (including phenoxy) is 1. The van der Waals surface area contributed by atoms with E-state index in [2.05, 4.69) is 0 Å². The van der Waals surface area contributed by atoms with Gasteiger partial charge in [0.25, 0.3) is 0 Å². The van der Waals surface area contributed by atoms with Crippen molar-refractivity contribution in [2.24, 2.45) is 5.92 Å². The second-order valence-electron chi connectivity index (χ2n) is 5.34. The summed E-state index contributed by atoms with van der Waals surface area (Å²) in [4.78, 5) is 11.4. The van der Waals surface area contributed by atoms with E-state index in [1.165, 1.54) is 19.3 Å². The average molecular weight is 274 g/mol. The lowest BCUT2D eigenvalue weighted by molar-refractivity contribution is 0.0667. The molecule has 1 heterocycles. The highest BCUT2D eigenvalue weighted by molar-refractivity contribution is 6.03. The van der Waals surface area contributed by atoms with E-state index in [4.69, 9.17) is 9.15 Å². The van der Waals surface area contributed by atoms with E-state index in [0.717, 1.165) is 12.3 Å². The van der Waals surface area contributed by atoms with Crippen LogP contribution in [0, 0.1) is 5.92 Å². The van der Waals surface area contributed by atoms with Crippen LogP contribution in [0.3, 0.4) is 0 Å². The summed E-state index contributed by atoms with van der Waals surface area (Å²) in [6.45, 7) is 0.893. The molecule has 1 aliphatic rings. The lowest BCUT2D eigenvalue weighted by Crippen LogP contribution is -2.13. The maximum atomic E-state index is 11.4. The van der Waals surface area contributed by atoms with Crippen LogP contribution in [0.5, 0.6) is 0 Å². The van der Waals surface area contributed by atoms with Crippen molar-refractivity contribution in [2.45, 2.75) is 32.3 Å². The Bertz CT molecular complexity index is 610. The SMILES string of the molecule is O=C(O)c1c(COCCC2CCC2)oc2ccccc12. The van der Waals surface area contributed by atoms with E-state index in [1.807, 2.05) is 12.1 Å². The minimum absolute atomic E-state index is 0.225. The van der Waals surface area contributed by atoms with Crippen LogP contribution in [0.4, 0.5) is 0 Å². The van der Waals surface area contributed by atoms with Gasteiger partial charge >= 0.3 is 5.97 Å². The van der Waals surface area contributed by atoms with Crippen LogP contribution in [0.2, 0.25) is 0 Å². The van der Waals surface area contributed by atoms with Crippen LogP contribution < -0.4 is 0 Å². The third-order valence-corrected chi connectivity index (χ3v) is 4.01. The van der Waals surface area contributed by atoms with Crippen LogP contribution in [0.15, 0.2) is 28.7 Å². The van der Waals surface area contributed by atoms with Crippen LogP contribution in [0.25, 0.3) is 11.0 Å². The van der Waals surface area contributed by atoms with Crippen molar-refractivity contribution in [1.29, 1.82) is 0 Å². The van der Waals surface area contributed by atoms with Gasteiger partial charge < -0.3 is 14.3 Å². The maximum Gasteiger partial charge on any atom is 0.340 e. The zero-order valence-corrected chi connectivity index (χ0v) is 11.3. The van der Waals surface area contributed by atoms with Crippen molar-refractivity contribution in [1.82, 2.24) is 0 Å². The molecule has 0 bridgehead atoms. The van der Waals surface area contributed by atoms with E-state index < -0.39 is 5.97 Å². The zero-order valence-electron chi connectivity index (χ0n) is 11.3. The first kappa shape index (κ1) is 13.2. The number of benzene rings is 1. The minimum atomic E-state index is -0.965. The second-order valence-corrected chi connectivity index (χ2v) is 5.34. The Labute approximate surface area is 117 Å². The molecule has 1 aliphatic carbocycles. The Balaban J connectivity index is 1.69. The number of hydrogen-bond acceptors (Lipinski definition) is 3. The predicted octanol–water partition coefficient (Wildman–Crippen LogP) is 3.84. The van der Waals surface area contributed by atoms with Crippen LogP contribution in [0.1, 0.15) is 41.8 Å². The third-order valence-electron chi connectivity index (χ3n) is 4.01. The molecule has 0 radical (unpaired) electrons. The van der Waals surface area contributed by atoms with Gasteiger partial charge in [-0.3, -0.25) is 0 Å². The molecule has 20 heavy (non-hydrogen) atoms. The van der Waals surface area contributed by atoms with Crippen molar-refractivity contribution < 1.29 is 19.1 Å². The van der Waals surface area contributed by atoms with Crippen LogP contribution in [-0.4, -0.2) is 17.7 Å². The molecule has 0 saturated heterocycles. The standard InChI is InChI=1S/C16H18O4/c17-16(18)15-12-6-1-2-7-13(12)20-14(15)10-19-9-8-11-4-3-5-11/h1-2,6-7,11H,3-5,8-10H2,(H,17,18). The average Bonchev–Trinajstić information content (AvgIpc) is 2.74. The first-order valence-electron chi connectivity index (χ1n) is 7.07. The largest absolute Gasteiger partial charge is 0.478 e. The zero-order chi connectivity index (χ0) is 13.9. The van der Waals surface area contributed by atoms with Gasteiger partial charge in [0.05, 0.1) is 0 Å². The fraction of sp³-hybridized carbons (Fsp3) is 0.438. The molecule has 0 unspecified atom stereocenters. The van der Waals surface area contributed by atoms with Gasteiger partial charge in [0, 0.05) is 12.0 Å². The number of rotatable bonds is 6. The summed E-state index contributed by atoms with van der Waals surface area (Å²) in [6, 6.07) is 7.18. The Morgan fingerprint density at radius 1 is 1.35 bits per heavy atom. The lowest BCUT2D eigenvalue weighted by Gasteiger charge is -2.24. The normalized spacial score (nSPS) is 15.4. The van der Waals surface area contributed by atoms with Gasteiger partial charge in [-0.2, -0.15) is 0 Å². The van der Waals surface area contributed by atoms with E-state index in [1.54, 1.807) is 12.1 Å². The molecule has 3 rings (SSSR count). The number of carboxylic acids is 1. The number of carbonyl (C=O) groups is 1. The van der Waals surface area contributed by atoms with E-state index in [0.29, 0.717) is 23.3 Å². The summed E-state index contributed by atoms with van der Waals surface area (Å²) < 4.78 is 11.2. The first-order valence-corrected chi connectivity index (χ1v) is 7.07. The highest BCUT2D eigenvalue weighted by atomic mass is 16.5. The molecule has 0 atom stereocenters. The van der Waals surface area contributed by atoms with Gasteiger partial charge in [-0.05, 0) is 18.4 Å². The number of fused-ring (bicyclic) bond motifs is 1. The van der Waals surface area contributed by atoms with Gasteiger partial charge in [0.1, 0.15) is 23.5 Å². The summed E-state index contributed by atoms with van der Waals surface area (Å²) in [7, 11) is 0. The number of aromatic carboxylic acids is 1. The van der Waals surface area contributed by atoms with E-state index in [9.17, 15) is 9.90 Å². The molecule has 1 aromatic carbocycles. The van der Waals surface area contributed by atoms with Crippen molar-refractivity contribution in [3.8, 4) is 0 Å². The molecule has 1 saturated carbocycles. The minimum Gasteiger partial charge on any atom is -0.478 e. The summed E-state index contributed by atoms with van der Waals surface area (Å²) in [6.07, 6.45) is 4.99. The maximum absolute atomic E-state index is 11.4. The third kappa shape index (κ3) is 2.56. The highest BCUT2D eigenvalue weighted by Crippen LogP contribution is 2.30. The van der Waals surface area contributed by atoms with E-state index in [-0.39, 0.29) is 12.2 Å². The lowest BCUT2D eigenvalue weighted by atomic mass is 9.83. The quantitative estimate of drug-likeness (QED) is 0.813. The topological polar surface area (TPSA) is 59.7 Å². The molecule has 4 nitrogen and oxygen atoms in total. The molecule has 1 fully saturated rings. The van der Waals surface area contributed by atoms with Crippen molar-refractivity contribution in [3.63, 3.8) is 0 Å². The van der Waals surface area contributed by atoms with Gasteiger partial charge in [-0.15, -0.1) is 0 Å². The van der Waals surface area contributed by atoms with Crippen molar-refractivity contribution in [2.75, 3.05) is 6.61 Å². The summed E-state index contributed by atoms with van der Waals surface area (Å²) >= 11 is 0. The van der Waals surface area contributed by atoms with Gasteiger partial charge in [0.2, 0.25) is 0 Å². The van der Waals surface area contributed by atoms with Crippen molar-refractivity contribution >= 4 is 16.9 Å². The molecule has 2 aromatic rings. The molecular weight excluding hydrogens is 256 g/mol. The van der Waals surface area contributed by atoms with Crippen LogP contribution >= 0.6 is 0 Å². The number of para-hydroxylation sites is 1.